The lowest BCUT2D eigenvalue weighted by molar-refractivity contribution is -0.124. The number of nitrogens with one attached hydrogen (secondary N) is 1. The predicted octanol–water partition coefficient (Wildman–Crippen LogP) is 3.52. The number of aryl methyl sites for hydroxylation is 1. The van der Waals surface area contributed by atoms with E-state index in [1.54, 1.807) is 6.20 Å². The van der Waals surface area contributed by atoms with Gasteiger partial charge in [0, 0.05) is 24.1 Å². The second kappa shape index (κ2) is 7.04. The van der Waals surface area contributed by atoms with Gasteiger partial charge in [0.15, 0.2) is 0 Å². The van der Waals surface area contributed by atoms with Gasteiger partial charge in [-0.1, -0.05) is 26.0 Å². The summed E-state index contributed by atoms with van der Waals surface area (Å²) in [7, 11) is 0. The summed E-state index contributed by atoms with van der Waals surface area (Å²) >= 11 is 0. The third-order valence-electron chi connectivity index (χ3n) is 4.55. The van der Waals surface area contributed by atoms with E-state index < -0.39 is 0 Å². The molecule has 0 aliphatic carbocycles. The third-order valence-corrected chi connectivity index (χ3v) is 4.55. The lowest BCUT2D eigenvalue weighted by atomic mass is 10.0. The molecule has 3 rings (SSSR count). The Hall–Kier alpha value is -2.36. The van der Waals surface area contributed by atoms with Crippen molar-refractivity contribution in [2.75, 3.05) is 6.54 Å². The summed E-state index contributed by atoms with van der Waals surface area (Å²) in [4.78, 5) is 16.4. The van der Waals surface area contributed by atoms with Crippen molar-refractivity contribution in [3.8, 4) is 17.0 Å². The average Bonchev–Trinajstić information content (AvgIpc) is 3.01. The fraction of sp³-hybridized carbons (Fsp3) is 0.400. The minimum absolute atomic E-state index is 0.0164. The summed E-state index contributed by atoms with van der Waals surface area (Å²) < 4.78 is 6.16. The number of hydrogen-bond acceptors (Lipinski definition) is 3. The van der Waals surface area contributed by atoms with Gasteiger partial charge in [0.05, 0.1) is 12.2 Å². The van der Waals surface area contributed by atoms with Gasteiger partial charge in [-0.3, -0.25) is 9.78 Å². The molecule has 0 fully saturated rings. The summed E-state index contributed by atoms with van der Waals surface area (Å²) in [5.41, 5.74) is 4.34. The van der Waals surface area contributed by atoms with Gasteiger partial charge in [-0.15, -0.1) is 0 Å². The van der Waals surface area contributed by atoms with Gasteiger partial charge in [0.2, 0.25) is 5.91 Å². The molecule has 4 nitrogen and oxygen atoms in total. The molecule has 1 aromatic heterocycles. The highest BCUT2D eigenvalue weighted by Gasteiger charge is 2.27. The molecule has 1 N–H and O–H groups in total. The van der Waals surface area contributed by atoms with E-state index in [2.05, 4.69) is 29.4 Å². The summed E-state index contributed by atoms with van der Waals surface area (Å²) in [6, 6.07) is 10.2. The van der Waals surface area contributed by atoms with Crippen molar-refractivity contribution >= 4 is 5.91 Å². The number of ether oxygens (including phenoxy) is 1. The number of rotatable bonds is 5. The summed E-state index contributed by atoms with van der Waals surface area (Å²) in [5, 5.41) is 3.00. The molecule has 1 amide bonds. The highest BCUT2D eigenvalue weighted by atomic mass is 16.5. The molecule has 0 bridgehead atoms. The molecule has 0 unspecified atom stereocenters. The maximum absolute atomic E-state index is 12.0. The average molecular weight is 324 g/mol. The van der Waals surface area contributed by atoms with E-state index in [9.17, 15) is 4.79 Å². The van der Waals surface area contributed by atoms with E-state index in [-0.39, 0.29) is 17.9 Å². The van der Waals surface area contributed by atoms with Crippen molar-refractivity contribution in [1.82, 2.24) is 10.3 Å². The number of carbonyl (C=O) groups excluding carboxylic acids is 1. The number of carbonyl (C=O) groups is 1. The van der Waals surface area contributed by atoms with Gasteiger partial charge in [-0.2, -0.15) is 0 Å². The molecule has 0 spiro atoms. The molecule has 0 radical (unpaired) electrons. The molecule has 1 aliphatic heterocycles. The number of aromatic nitrogens is 1. The molecule has 0 saturated carbocycles. The normalized spacial score (nSPS) is 17.0. The van der Waals surface area contributed by atoms with Crippen LogP contribution in [0.15, 0.2) is 36.5 Å². The maximum Gasteiger partial charge on any atom is 0.222 e. The van der Waals surface area contributed by atoms with Crippen LogP contribution in [0.2, 0.25) is 0 Å². The van der Waals surface area contributed by atoms with E-state index in [0.717, 1.165) is 29.8 Å². The Morgan fingerprint density at radius 3 is 2.96 bits per heavy atom. The molecule has 1 aromatic carbocycles. The molecule has 126 valence electrons. The summed E-state index contributed by atoms with van der Waals surface area (Å²) in [5.74, 6) is 1.04. The van der Waals surface area contributed by atoms with Crippen molar-refractivity contribution in [1.29, 1.82) is 0 Å². The fourth-order valence-corrected chi connectivity index (χ4v) is 2.99. The zero-order chi connectivity index (χ0) is 17.1. The van der Waals surface area contributed by atoms with Crippen molar-refractivity contribution in [2.45, 2.75) is 39.7 Å². The van der Waals surface area contributed by atoms with E-state index in [1.807, 2.05) is 32.0 Å². The minimum atomic E-state index is -0.0164. The van der Waals surface area contributed by atoms with Gasteiger partial charge in [-0.05, 0) is 42.7 Å². The highest BCUT2D eigenvalue weighted by molar-refractivity contribution is 5.78. The van der Waals surface area contributed by atoms with Crippen LogP contribution >= 0.6 is 0 Å². The molecule has 0 saturated heterocycles. The Kier molecular flexibility index (Phi) is 4.84. The smallest absolute Gasteiger partial charge is 0.222 e. The number of fused-ring (bicyclic) bond motifs is 1. The lowest BCUT2D eigenvalue weighted by Gasteiger charge is -2.15. The van der Waals surface area contributed by atoms with Gasteiger partial charge in [0.25, 0.3) is 0 Å². The standard InChI is InChI=1S/C20H24N2O2/c1-4-14(3)20(23)22-12-16-11-15-9-13(2)10-17(19(15)24-16)18-7-5-6-8-21-18/h5-10,14,16H,4,11-12H2,1-3H3,(H,22,23)/t14-,16+/m0/s1. The van der Waals surface area contributed by atoms with Crippen LogP contribution in [0.4, 0.5) is 0 Å². The molecule has 24 heavy (non-hydrogen) atoms. The molecule has 2 atom stereocenters. The zero-order valence-corrected chi connectivity index (χ0v) is 14.5. The Morgan fingerprint density at radius 1 is 1.42 bits per heavy atom. The monoisotopic (exact) mass is 324 g/mol. The Bertz CT molecular complexity index is 728. The second-order valence-electron chi connectivity index (χ2n) is 6.51. The Morgan fingerprint density at radius 2 is 2.25 bits per heavy atom. The largest absolute Gasteiger partial charge is 0.487 e. The number of nitrogens with zero attached hydrogens (tertiary/aromatic N) is 1. The van der Waals surface area contributed by atoms with Crippen LogP contribution in [-0.4, -0.2) is 23.5 Å². The number of amides is 1. The summed E-state index contributed by atoms with van der Waals surface area (Å²) in [6.45, 7) is 6.60. The molecule has 2 heterocycles. The van der Waals surface area contributed by atoms with E-state index in [0.29, 0.717) is 6.54 Å². The molecule has 2 aromatic rings. The van der Waals surface area contributed by atoms with Gasteiger partial charge < -0.3 is 10.1 Å². The second-order valence-corrected chi connectivity index (χ2v) is 6.51. The molecule has 1 aliphatic rings. The van der Waals surface area contributed by atoms with Crippen molar-refractivity contribution < 1.29 is 9.53 Å². The van der Waals surface area contributed by atoms with E-state index in [4.69, 9.17) is 4.74 Å². The van der Waals surface area contributed by atoms with Crippen LogP contribution < -0.4 is 10.1 Å². The van der Waals surface area contributed by atoms with Crippen LogP contribution in [0.25, 0.3) is 11.3 Å². The molecular formula is C20H24N2O2. The Balaban J connectivity index is 1.76. The quantitative estimate of drug-likeness (QED) is 0.915. The summed E-state index contributed by atoms with van der Waals surface area (Å²) in [6.07, 6.45) is 3.44. The number of hydrogen-bond donors (Lipinski definition) is 1. The first-order valence-electron chi connectivity index (χ1n) is 8.57. The van der Waals surface area contributed by atoms with Crippen LogP contribution in [-0.2, 0) is 11.2 Å². The van der Waals surface area contributed by atoms with Crippen molar-refractivity contribution in [3.05, 3.63) is 47.7 Å². The Labute approximate surface area is 143 Å². The van der Waals surface area contributed by atoms with Gasteiger partial charge >= 0.3 is 0 Å². The lowest BCUT2D eigenvalue weighted by Crippen LogP contribution is -2.37. The van der Waals surface area contributed by atoms with Crippen LogP contribution in [0.1, 0.15) is 31.4 Å². The predicted molar refractivity (Wildman–Crippen MR) is 95.0 cm³/mol. The van der Waals surface area contributed by atoms with E-state index in [1.165, 1.54) is 11.1 Å². The van der Waals surface area contributed by atoms with Gasteiger partial charge in [-0.25, -0.2) is 0 Å². The topological polar surface area (TPSA) is 51.2 Å². The van der Waals surface area contributed by atoms with Crippen molar-refractivity contribution in [3.63, 3.8) is 0 Å². The number of pyridine rings is 1. The first kappa shape index (κ1) is 16.5. The SMILES string of the molecule is CC[C@H](C)C(=O)NC[C@H]1Cc2cc(C)cc(-c3ccccn3)c2O1. The zero-order valence-electron chi connectivity index (χ0n) is 14.5. The third kappa shape index (κ3) is 3.42. The van der Waals surface area contributed by atoms with Crippen LogP contribution in [0.3, 0.4) is 0 Å². The van der Waals surface area contributed by atoms with Crippen LogP contribution in [0.5, 0.6) is 5.75 Å². The van der Waals surface area contributed by atoms with Crippen molar-refractivity contribution in [2.24, 2.45) is 5.92 Å². The maximum atomic E-state index is 12.0. The molecule has 4 heteroatoms. The van der Waals surface area contributed by atoms with Gasteiger partial charge in [0.1, 0.15) is 11.9 Å². The van der Waals surface area contributed by atoms with E-state index >= 15 is 0 Å². The molecular weight excluding hydrogens is 300 g/mol. The fourth-order valence-electron chi connectivity index (χ4n) is 2.99. The highest BCUT2D eigenvalue weighted by Crippen LogP contribution is 2.39. The first-order valence-corrected chi connectivity index (χ1v) is 8.57. The first-order chi connectivity index (χ1) is 11.6. The minimum Gasteiger partial charge on any atom is -0.487 e. The number of benzene rings is 1. The van der Waals surface area contributed by atoms with Crippen LogP contribution in [0, 0.1) is 12.8 Å².